The van der Waals surface area contributed by atoms with E-state index in [2.05, 4.69) is 17.2 Å². The average Bonchev–Trinajstić information content (AvgIpc) is 2.73. The molecule has 142 valence electrons. The van der Waals surface area contributed by atoms with Crippen LogP contribution in [0.1, 0.15) is 0 Å². The van der Waals surface area contributed by atoms with E-state index in [9.17, 15) is 4.79 Å². The van der Waals surface area contributed by atoms with E-state index < -0.39 is 0 Å². The van der Waals surface area contributed by atoms with Crippen molar-refractivity contribution in [3.8, 4) is 17.2 Å². The van der Waals surface area contributed by atoms with Crippen LogP contribution >= 0.6 is 0 Å². The third-order valence-corrected chi connectivity index (χ3v) is 3.77. The highest BCUT2D eigenvalue weighted by Gasteiger charge is 2.04. The zero-order valence-corrected chi connectivity index (χ0v) is 15.4. The second-order valence-corrected chi connectivity index (χ2v) is 5.97. The summed E-state index contributed by atoms with van der Waals surface area (Å²) in [7, 11) is 0. The SMILES string of the molecule is C=CCOc1cccc(NCC(=O)Nc2ccc(Oc3ccccc3)cc2)c1. The predicted octanol–water partition coefficient (Wildman–Crippen LogP) is 5.09. The predicted molar refractivity (Wildman–Crippen MR) is 112 cm³/mol. The Kier molecular flexibility index (Phi) is 6.68. The molecule has 0 aliphatic rings. The fourth-order valence-corrected chi connectivity index (χ4v) is 2.47. The van der Waals surface area contributed by atoms with E-state index in [0.29, 0.717) is 18.0 Å². The van der Waals surface area contributed by atoms with E-state index in [-0.39, 0.29) is 12.5 Å². The van der Waals surface area contributed by atoms with E-state index in [1.54, 1.807) is 18.2 Å². The number of hydrogen-bond acceptors (Lipinski definition) is 4. The minimum atomic E-state index is -0.144. The summed E-state index contributed by atoms with van der Waals surface area (Å²) in [4.78, 5) is 12.2. The second kappa shape index (κ2) is 9.83. The normalized spacial score (nSPS) is 10.0. The van der Waals surface area contributed by atoms with Crippen LogP contribution in [0.3, 0.4) is 0 Å². The van der Waals surface area contributed by atoms with Gasteiger partial charge in [-0.25, -0.2) is 0 Å². The van der Waals surface area contributed by atoms with Crippen LogP contribution in [0.15, 0.2) is 91.5 Å². The molecule has 0 aliphatic carbocycles. The van der Waals surface area contributed by atoms with Crippen molar-refractivity contribution in [1.29, 1.82) is 0 Å². The molecule has 3 aromatic carbocycles. The summed E-state index contributed by atoms with van der Waals surface area (Å²) in [6.45, 7) is 4.21. The monoisotopic (exact) mass is 374 g/mol. The number of carbonyl (C=O) groups is 1. The molecule has 5 nitrogen and oxygen atoms in total. The Labute approximate surface area is 164 Å². The maximum Gasteiger partial charge on any atom is 0.243 e. The number of anilines is 2. The third kappa shape index (κ3) is 5.92. The highest BCUT2D eigenvalue weighted by molar-refractivity contribution is 5.93. The van der Waals surface area contributed by atoms with Gasteiger partial charge < -0.3 is 20.1 Å². The average molecular weight is 374 g/mol. The summed E-state index contributed by atoms with van der Waals surface area (Å²) >= 11 is 0. The molecule has 0 unspecified atom stereocenters. The molecule has 0 bridgehead atoms. The molecule has 0 saturated heterocycles. The number of nitrogens with one attached hydrogen (secondary N) is 2. The van der Waals surface area contributed by atoms with Gasteiger partial charge in [0.1, 0.15) is 23.9 Å². The van der Waals surface area contributed by atoms with Crippen molar-refractivity contribution in [3.63, 3.8) is 0 Å². The molecule has 0 spiro atoms. The smallest absolute Gasteiger partial charge is 0.243 e. The highest BCUT2D eigenvalue weighted by Crippen LogP contribution is 2.22. The highest BCUT2D eigenvalue weighted by atomic mass is 16.5. The molecule has 0 aliphatic heterocycles. The Morgan fingerprint density at radius 3 is 2.32 bits per heavy atom. The molecule has 5 heteroatoms. The van der Waals surface area contributed by atoms with Crippen LogP contribution in [0.25, 0.3) is 0 Å². The van der Waals surface area contributed by atoms with Crippen LogP contribution in [0, 0.1) is 0 Å². The number of rotatable bonds is 9. The van der Waals surface area contributed by atoms with Gasteiger partial charge in [0.25, 0.3) is 0 Å². The number of ether oxygens (including phenoxy) is 2. The lowest BCUT2D eigenvalue weighted by Gasteiger charge is -2.10. The van der Waals surface area contributed by atoms with Gasteiger partial charge in [-0.1, -0.05) is 36.9 Å². The molecule has 28 heavy (non-hydrogen) atoms. The van der Waals surface area contributed by atoms with Crippen LogP contribution in [0.5, 0.6) is 17.2 Å². The van der Waals surface area contributed by atoms with E-state index in [1.807, 2.05) is 66.7 Å². The molecule has 0 saturated carbocycles. The maximum absolute atomic E-state index is 12.2. The molecule has 1 amide bonds. The van der Waals surface area contributed by atoms with Crippen LogP contribution in [0.4, 0.5) is 11.4 Å². The topological polar surface area (TPSA) is 59.6 Å². The Bertz CT molecular complexity index is 909. The fraction of sp³-hybridized carbons (Fsp3) is 0.0870. The summed E-state index contributed by atoms with van der Waals surface area (Å²) in [5, 5.41) is 5.93. The number of carbonyl (C=O) groups excluding carboxylic acids is 1. The number of amides is 1. The summed E-state index contributed by atoms with van der Waals surface area (Å²) in [5.74, 6) is 2.05. The van der Waals surface area contributed by atoms with Crippen molar-refractivity contribution in [3.05, 3.63) is 91.5 Å². The molecular formula is C23H22N2O3. The van der Waals surface area contributed by atoms with Crippen molar-refractivity contribution in [1.82, 2.24) is 0 Å². The maximum atomic E-state index is 12.2. The molecular weight excluding hydrogens is 352 g/mol. The van der Waals surface area contributed by atoms with Crippen LogP contribution in [-0.2, 0) is 4.79 Å². The number of para-hydroxylation sites is 1. The first-order chi connectivity index (χ1) is 13.7. The molecule has 0 atom stereocenters. The summed E-state index contributed by atoms with van der Waals surface area (Å²) in [5.41, 5.74) is 1.51. The fourth-order valence-electron chi connectivity index (χ4n) is 2.47. The van der Waals surface area contributed by atoms with Gasteiger partial charge in [-0.3, -0.25) is 4.79 Å². The van der Waals surface area contributed by atoms with Gasteiger partial charge >= 0.3 is 0 Å². The molecule has 0 fully saturated rings. The molecule has 3 aromatic rings. The minimum Gasteiger partial charge on any atom is -0.489 e. The molecule has 2 N–H and O–H groups in total. The van der Waals surface area contributed by atoms with Gasteiger partial charge in [0, 0.05) is 17.4 Å². The summed E-state index contributed by atoms with van der Waals surface area (Å²) in [6.07, 6.45) is 1.68. The first-order valence-electron chi connectivity index (χ1n) is 8.93. The van der Waals surface area contributed by atoms with Crippen molar-refractivity contribution < 1.29 is 14.3 Å². The Balaban J connectivity index is 1.49. The molecule has 0 aromatic heterocycles. The van der Waals surface area contributed by atoms with Gasteiger partial charge in [-0.15, -0.1) is 0 Å². The van der Waals surface area contributed by atoms with Crippen molar-refractivity contribution in [2.24, 2.45) is 0 Å². The first kappa shape index (κ1) is 19.0. The van der Waals surface area contributed by atoms with Crippen molar-refractivity contribution in [2.75, 3.05) is 23.8 Å². The summed E-state index contributed by atoms with van der Waals surface area (Å²) < 4.78 is 11.2. The molecule has 0 heterocycles. The molecule has 3 rings (SSSR count). The van der Waals surface area contributed by atoms with E-state index in [1.165, 1.54) is 0 Å². The zero-order chi connectivity index (χ0) is 19.6. The summed E-state index contributed by atoms with van der Waals surface area (Å²) in [6, 6.07) is 24.2. The largest absolute Gasteiger partial charge is 0.489 e. The Morgan fingerprint density at radius 1 is 0.857 bits per heavy atom. The third-order valence-electron chi connectivity index (χ3n) is 3.77. The Morgan fingerprint density at radius 2 is 1.57 bits per heavy atom. The lowest BCUT2D eigenvalue weighted by atomic mass is 10.3. The standard InChI is InChI=1S/C23H22N2O3/c1-2-15-27-22-10-6-7-19(16-22)24-17-23(26)25-18-11-13-21(14-12-18)28-20-8-4-3-5-9-20/h2-14,16,24H,1,15,17H2,(H,25,26). The van der Waals surface area contributed by atoms with Gasteiger partial charge in [-0.2, -0.15) is 0 Å². The van der Waals surface area contributed by atoms with E-state index >= 15 is 0 Å². The van der Waals surface area contributed by atoms with Crippen molar-refractivity contribution in [2.45, 2.75) is 0 Å². The zero-order valence-electron chi connectivity index (χ0n) is 15.4. The van der Waals surface area contributed by atoms with Crippen molar-refractivity contribution >= 4 is 17.3 Å². The van der Waals surface area contributed by atoms with Crippen LogP contribution < -0.4 is 20.1 Å². The molecule has 0 radical (unpaired) electrons. The van der Waals surface area contributed by atoms with E-state index in [0.717, 1.165) is 17.2 Å². The quantitative estimate of drug-likeness (QED) is 0.512. The van der Waals surface area contributed by atoms with Gasteiger partial charge in [0.15, 0.2) is 0 Å². The van der Waals surface area contributed by atoms with Gasteiger partial charge in [0.2, 0.25) is 5.91 Å². The van der Waals surface area contributed by atoms with Gasteiger partial charge in [0.05, 0.1) is 6.54 Å². The lowest BCUT2D eigenvalue weighted by molar-refractivity contribution is -0.114. The number of benzene rings is 3. The second-order valence-electron chi connectivity index (χ2n) is 5.97. The van der Waals surface area contributed by atoms with Crippen LogP contribution in [0.2, 0.25) is 0 Å². The van der Waals surface area contributed by atoms with Gasteiger partial charge in [-0.05, 0) is 48.5 Å². The van der Waals surface area contributed by atoms with E-state index in [4.69, 9.17) is 9.47 Å². The Hall–Kier alpha value is -3.73. The minimum absolute atomic E-state index is 0.144. The lowest BCUT2D eigenvalue weighted by Crippen LogP contribution is -2.21. The first-order valence-corrected chi connectivity index (χ1v) is 8.93. The van der Waals surface area contributed by atoms with Crippen LogP contribution in [-0.4, -0.2) is 19.1 Å². The number of hydrogen-bond donors (Lipinski definition) is 2.